The van der Waals surface area contributed by atoms with Crippen molar-refractivity contribution in [2.75, 3.05) is 6.61 Å². The molecule has 1 aliphatic heterocycles. The van der Waals surface area contributed by atoms with Crippen LogP contribution in [-0.2, 0) is 20.6 Å². The van der Waals surface area contributed by atoms with Crippen LogP contribution in [0.25, 0.3) is 22.2 Å². The molecule has 0 bridgehead atoms. The van der Waals surface area contributed by atoms with Crippen LogP contribution in [0.2, 0.25) is 5.15 Å². The highest BCUT2D eigenvalue weighted by molar-refractivity contribution is 8.00. The van der Waals surface area contributed by atoms with Crippen molar-refractivity contribution in [2.45, 2.75) is 17.0 Å². The van der Waals surface area contributed by atoms with Gasteiger partial charge in [0.25, 0.3) is 5.56 Å². The van der Waals surface area contributed by atoms with Crippen molar-refractivity contribution in [3.63, 3.8) is 0 Å². The van der Waals surface area contributed by atoms with Crippen molar-refractivity contribution in [1.29, 1.82) is 5.26 Å². The Morgan fingerprint density at radius 1 is 1.30 bits per heavy atom. The Kier molecular flexibility index (Phi) is 5.45. The summed E-state index contributed by atoms with van der Waals surface area (Å²) in [4.78, 5) is 30.8. The number of fused-ring (bicyclic) bond motifs is 3. The van der Waals surface area contributed by atoms with E-state index < -0.39 is 11.2 Å². The lowest BCUT2D eigenvalue weighted by molar-refractivity contribution is 0.284. The molecule has 168 valence electrons. The third-order valence-electron chi connectivity index (χ3n) is 5.85. The number of nitriles is 1. The number of aliphatic hydroxyl groups is 1. The van der Waals surface area contributed by atoms with Crippen LogP contribution in [0.5, 0.6) is 0 Å². The molecular formula is C22H18ClN5O3S2. The van der Waals surface area contributed by atoms with Gasteiger partial charge in [0.05, 0.1) is 45.8 Å². The van der Waals surface area contributed by atoms with Crippen LogP contribution < -0.4 is 11.2 Å². The molecule has 8 nitrogen and oxygen atoms in total. The second-order valence-corrected chi connectivity index (χ2v) is 10.5. The monoisotopic (exact) mass is 499 g/mol. The van der Waals surface area contributed by atoms with Gasteiger partial charge in [-0.05, 0) is 12.1 Å². The standard InChI is InChI=1S/C22H18ClN5O3S2/c1-26-17-15(21(30)27(2)22(26)31)16(12-5-3-4-11(6-12)7-24)28-8-13(9-29)33-19(18(17)28)20-25-14(23)10-32-20/h3-6,10,13,19,29H,8-9H2,1-2H3/t13-,19+/m1/s1. The van der Waals surface area contributed by atoms with Crippen molar-refractivity contribution in [1.82, 2.24) is 18.7 Å². The number of rotatable bonds is 3. The van der Waals surface area contributed by atoms with Crippen molar-refractivity contribution in [3.8, 4) is 17.3 Å². The second kappa shape index (κ2) is 8.18. The van der Waals surface area contributed by atoms with Gasteiger partial charge in [0.15, 0.2) is 0 Å². The summed E-state index contributed by atoms with van der Waals surface area (Å²) in [5.74, 6) is 0. The fourth-order valence-electron chi connectivity index (χ4n) is 4.40. The first-order valence-electron chi connectivity index (χ1n) is 10.1. The van der Waals surface area contributed by atoms with Crippen molar-refractivity contribution in [2.24, 2.45) is 14.1 Å². The Balaban J connectivity index is 1.97. The highest BCUT2D eigenvalue weighted by atomic mass is 35.5. The first kappa shape index (κ1) is 22.0. The number of hydrogen-bond acceptors (Lipinski definition) is 7. The van der Waals surface area contributed by atoms with Crippen LogP contribution in [-0.4, -0.2) is 35.6 Å². The molecule has 0 saturated carbocycles. The molecule has 0 spiro atoms. The molecule has 4 heterocycles. The van der Waals surface area contributed by atoms with Gasteiger partial charge in [0.1, 0.15) is 10.2 Å². The Labute approximate surface area is 201 Å². The summed E-state index contributed by atoms with van der Waals surface area (Å²) in [5, 5.41) is 22.3. The summed E-state index contributed by atoms with van der Waals surface area (Å²) in [6.45, 7) is 0.368. The molecule has 1 aliphatic rings. The van der Waals surface area contributed by atoms with Gasteiger partial charge in [-0.2, -0.15) is 5.26 Å². The third kappa shape index (κ3) is 3.35. The summed E-state index contributed by atoms with van der Waals surface area (Å²) in [6.07, 6.45) is 0. The van der Waals surface area contributed by atoms with Crippen LogP contribution in [0.1, 0.15) is 21.5 Å². The quantitative estimate of drug-likeness (QED) is 0.464. The molecule has 1 N–H and O–H groups in total. The summed E-state index contributed by atoms with van der Waals surface area (Å²) < 4.78 is 4.58. The number of benzene rings is 1. The first-order chi connectivity index (χ1) is 15.8. The molecule has 11 heteroatoms. The zero-order valence-corrected chi connectivity index (χ0v) is 20.0. The molecule has 4 aromatic rings. The van der Waals surface area contributed by atoms with Gasteiger partial charge >= 0.3 is 5.69 Å². The zero-order valence-electron chi connectivity index (χ0n) is 17.6. The summed E-state index contributed by atoms with van der Waals surface area (Å²) in [5.41, 5.74) is 2.24. The van der Waals surface area contributed by atoms with Gasteiger partial charge in [-0.3, -0.25) is 13.9 Å². The van der Waals surface area contributed by atoms with E-state index in [2.05, 4.69) is 11.1 Å². The predicted octanol–water partition coefficient (Wildman–Crippen LogP) is 2.88. The van der Waals surface area contributed by atoms with Gasteiger partial charge in [0, 0.05) is 36.8 Å². The Hall–Kier alpha value is -2.84. The second-order valence-electron chi connectivity index (χ2n) is 7.80. The van der Waals surface area contributed by atoms with E-state index in [-0.39, 0.29) is 17.1 Å². The van der Waals surface area contributed by atoms with E-state index in [1.54, 1.807) is 30.6 Å². The minimum atomic E-state index is -0.427. The molecule has 33 heavy (non-hydrogen) atoms. The number of halogens is 1. The van der Waals surface area contributed by atoms with Crippen molar-refractivity contribution >= 4 is 45.6 Å². The molecule has 0 saturated heterocycles. The summed E-state index contributed by atoms with van der Waals surface area (Å²) >= 11 is 9.06. The van der Waals surface area contributed by atoms with Crippen molar-refractivity contribution in [3.05, 3.63) is 71.9 Å². The SMILES string of the molecule is Cn1c(=O)c2c(-c3cccc(C#N)c3)n3c(c2n(C)c1=O)[C@@H](c1nc(Cl)cs1)S[C@@H](CO)C3. The van der Waals surface area contributed by atoms with Crippen LogP contribution in [0.4, 0.5) is 0 Å². The average molecular weight is 500 g/mol. The van der Waals surface area contributed by atoms with E-state index in [4.69, 9.17) is 11.6 Å². The van der Waals surface area contributed by atoms with Crippen LogP contribution in [0, 0.1) is 11.3 Å². The van der Waals surface area contributed by atoms with Gasteiger partial charge in [-0.15, -0.1) is 23.1 Å². The molecule has 2 atom stereocenters. The van der Waals surface area contributed by atoms with Gasteiger partial charge in [-0.25, -0.2) is 9.78 Å². The highest BCUT2D eigenvalue weighted by Gasteiger charge is 2.37. The number of aliphatic hydroxyl groups excluding tert-OH is 1. The zero-order chi connectivity index (χ0) is 23.4. The molecule has 0 amide bonds. The maximum Gasteiger partial charge on any atom is 0.331 e. The third-order valence-corrected chi connectivity index (χ3v) is 8.64. The number of hydrogen-bond donors (Lipinski definition) is 1. The van der Waals surface area contributed by atoms with E-state index in [1.807, 2.05) is 10.6 Å². The summed E-state index contributed by atoms with van der Waals surface area (Å²) in [7, 11) is 3.11. The van der Waals surface area contributed by atoms with E-state index >= 15 is 0 Å². The van der Waals surface area contributed by atoms with Crippen molar-refractivity contribution < 1.29 is 5.11 Å². The van der Waals surface area contributed by atoms with Crippen LogP contribution in [0.3, 0.4) is 0 Å². The Morgan fingerprint density at radius 2 is 2.09 bits per heavy atom. The van der Waals surface area contributed by atoms with Gasteiger partial charge in [-0.1, -0.05) is 23.7 Å². The molecule has 0 aliphatic carbocycles. The number of nitrogens with zero attached hydrogens (tertiary/aromatic N) is 5. The van der Waals surface area contributed by atoms with Gasteiger partial charge < -0.3 is 9.67 Å². The molecule has 3 aromatic heterocycles. The lowest BCUT2D eigenvalue weighted by atomic mass is 10.1. The lowest BCUT2D eigenvalue weighted by Gasteiger charge is -2.30. The van der Waals surface area contributed by atoms with Crippen LogP contribution >= 0.6 is 34.7 Å². The first-order valence-corrected chi connectivity index (χ1v) is 12.3. The highest BCUT2D eigenvalue weighted by Crippen LogP contribution is 2.49. The number of aryl methyl sites for hydroxylation is 1. The molecule has 0 fully saturated rings. The molecule has 0 unspecified atom stereocenters. The Morgan fingerprint density at radius 3 is 2.76 bits per heavy atom. The molecule has 1 aromatic carbocycles. The fourth-order valence-corrected chi connectivity index (χ4v) is 6.91. The topological polar surface area (TPSA) is 106 Å². The van der Waals surface area contributed by atoms with Crippen LogP contribution in [0.15, 0.2) is 39.2 Å². The lowest BCUT2D eigenvalue weighted by Crippen LogP contribution is -2.37. The predicted molar refractivity (Wildman–Crippen MR) is 130 cm³/mol. The maximum atomic E-state index is 13.4. The smallest absolute Gasteiger partial charge is 0.331 e. The van der Waals surface area contributed by atoms with E-state index in [9.17, 15) is 20.0 Å². The largest absolute Gasteiger partial charge is 0.395 e. The minimum absolute atomic E-state index is 0.0666. The number of thioether (sulfide) groups is 1. The molecular weight excluding hydrogens is 482 g/mol. The summed E-state index contributed by atoms with van der Waals surface area (Å²) in [6, 6.07) is 9.20. The molecule has 0 radical (unpaired) electrons. The number of thiazole rings is 1. The minimum Gasteiger partial charge on any atom is -0.395 e. The fraction of sp³-hybridized carbons (Fsp3) is 0.273. The molecule has 5 rings (SSSR count). The van der Waals surface area contributed by atoms with E-state index in [1.165, 1.54) is 34.7 Å². The van der Waals surface area contributed by atoms with E-state index in [0.717, 1.165) is 15.3 Å². The maximum absolute atomic E-state index is 13.4. The van der Waals surface area contributed by atoms with Gasteiger partial charge in [0.2, 0.25) is 0 Å². The average Bonchev–Trinajstić information content (AvgIpc) is 3.42. The Bertz CT molecular complexity index is 1580. The number of aromatic nitrogens is 4. The normalized spacial score (nSPS) is 17.8. The van der Waals surface area contributed by atoms with E-state index in [0.29, 0.717) is 39.4 Å².